The van der Waals surface area contributed by atoms with Gasteiger partial charge in [0.25, 0.3) is 0 Å². The maximum absolute atomic E-state index is 11.0. The van der Waals surface area contributed by atoms with E-state index in [0.717, 1.165) is 15.6 Å². The standard InChI is InChI=1S/C16H16BrNO3/c1-10-7-11(3-5-13(10)17)9-18-14-8-12(16(19)20)4-6-15(14)21-2/h3-8,18H,9H2,1-2H3,(H,19,20). The molecule has 0 bridgehead atoms. The monoisotopic (exact) mass is 349 g/mol. The Bertz CT molecular complexity index is 671. The Labute approximate surface area is 131 Å². The quantitative estimate of drug-likeness (QED) is 0.853. The number of carboxylic acid groups (broad SMARTS) is 1. The number of anilines is 1. The minimum absolute atomic E-state index is 0.227. The molecule has 5 heteroatoms. The smallest absolute Gasteiger partial charge is 0.335 e. The van der Waals surface area contributed by atoms with Crippen LogP contribution in [0.3, 0.4) is 0 Å². The lowest BCUT2D eigenvalue weighted by Gasteiger charge is -2.12. The first-order chi connectivity index (χ1) is 10.0. The van der Waals surface area contributed by atoms with Crippen LogP contribution < -0.4 is 10.1 Å². The fraction of sp³-hybridized carbons (Fsp3) is 0.188. The van der Waals surface area contributed by atoms with Gasteiger partial charge < -0.3 is 15.2 Å². The van der Waals surface area contributed by atoms with E-state index >= 15 is 0 Å². The van der Waals surface area contributed by atoms with Crippen molar-refractivity contribution in [2.75, 3.05) is 12.4 Å². The van der Waals surface area contributed by atoms with Crippen molar-refractivity contribution in [3.05, 3.63) is 57.6 Å². The number of methoxy groups -OCH3 is 1. The molecule has 0 atom stereocenters. The van der Waals surface area contributed by atoms with Gasteiger partial charge in [0, 0.05) is 11.0 Å². The fourth-order valence-corrected chi connectivity index (χ4v) is 2.24. The predicted molar refractivity (Wildman–Crippen MR) is 86.2 cm³/mol. The molecule has 0 spiro atoms. The molecule has 0 saturated heterocycles. The van der Waals surface area contributed by atoms with Gasteiger partial charge >= 0.3 is 5.97 Å². The molecule has 0 saturated carbocycles. The molecular formula is C16H16BrNO3. The number of hydrogen-bond acceptors (Lipinski definition) is 3. The Hall–Kier alpha value is -2.01. The van der Waals surface area contributed by atoms with Crippen LogP contribution in [-0.4, -0.2) is 18.2 Å². The second kappa shape index (κ2) is 6.63. The van der Waals surface area contributed by atoms with E-state index in [9.17, 15) is 4.79 Å². The number of ether oxygens (including phenoxy) is 1. The van der Waals surface area contributed by atoms with Crippen LogP contribution in [0.1, 0.15) is 21.5 Å². The lowest BCUT2D eigenvalue weighted by atomic mass is 10.1. The van der Waals surface area contributed by atoms with Crippen LogP contribution in [0, 0.1) is 6.92 Å². The molecular weight excluding hydrogens is 334 g/mol. The van der Waals surface area contributed by atoms with Crippen molar-refractivity contribution in [2.24, 2.45) is 0 Å². The van der Waals surface area contributed by atoms with Gasteiger partial charge in [-0.15, -0.1) is 0 Å². The van der Waals surface area contributed by atoms with Crippen LogP contribution in [0.5, 0.6) is 5.75 Å². The van der Waals surface area contributed by atoms with Gasteiger partial charge in [-0.05, 0) is 42.3 Å². The summed E-state index contributed by atoms with van der Waals surface area (Å²) in [5.74, 6) is -0.339. The number of carbonyl (C=O) groups is 1. The number of hydrogen-bond donors (Lipinski definition) is 2. The minimum atomic E-state index is -0.958. The van der Waals surface area contributed by atoms with Crippen LogP contribution in [0.4, 0.5) is 5.69 Å². The summed E-state index contributed by atoms with van der Waals surface area (Å²) in [5.41, 5.74) is 3.15. The first-order valence-corrected chi connectivity index (χ1v) is 7.21. The highest BCUT2D eigenvalue weighted by Gasteiger charge is 2.09. The molecule has 0 aromatic heterocycles. The average molecular weight is 350 g/mol. The maximum atomic E-state index is 11.0. The third-order valence-corrected chi connectivity index (χ3v) is 4.04. The third-order valence-electron chi connectivity index (χ3n) is 3.15. The maximum Gasteiger partial charge on any atom is 0.335 e. The number of rotatable bonds is 5. The molecule has 0 unspecified atom stereocenters. The number of aromatic carboxylic acids is 1. The molecule has 2 rings (SSSR count). The molecule has 21 heavy (non-hydrogen) atoms. The van der Waals surface area contributed by atoms with Crippen LogP contribution in [0.15, 0.2) is 40.9 Å². The SMILES string of the molecule is COc1ccc(C(=O)O)cc1NCc1ccc(Br)c(C)c1. The first-order valence-electron chi connectivity index (χ1n) is 6.41. The first kappa shape index (κ1) is 15.4. The van der Waals surface area contributed by atoms with Crippen LogP contribution in [-0.2, 0) is 6.54 Å². The molecule has 2 aromatic carbocycles. The van der Waals surface area contributed by atoms with Gasteiger partial charge in [-0.3, -0.25) is 0 Å². The second-order valence-electron chi connectivity index (χ2n) is 4.66. The topological polar surface area (TPSA) is 58.6 Å². The Morgan fingerprint density at radius 2 is 2.05 bits per heavy atom. The molecule has 2 N–H and O–H groups in total. The van der Waals surface area contributed by atoms with Crippen molar-refractivity contribution in [1.82, 2.24) is 0 Å². The van der Waals surface area contributed by atoms with E-state index in [2.05, 4.69) is 27.3 Å². The minimum Gasteiger partial charge on any atom is -0.495 e. The van der Waals surface area contributed by atoms with E-state index < -0.39 is 5.97 Å². The molecule has 0 aliphatic rings. The van der Waals surface area contributed by atoms with E-state index in [1.807, 2.05) is 19.1 Å². The van der Waals surface area contributed by atoms with Crippen molar-refractivity contribution in [3.8, 4) is 5.75 Å². The zero-order valence-corrected chi connectivity index (χ0v) is 13.4. The molecule has 0 aliphatic carbocycles. The summed E-state index contributed by atoms with van der Waals surface area (Å²) in [5, 5.41) is 12.3. The Balaban J connectivity index is 2.19. The Morgan fingerprint density at radius 1 is 1.29 bits per heavy atom. The van der Waals surface area contributed by atoms with Gasteiger partial charge in [-0.25, -0.2) is 4.79 Å². The van der Waals surface area contributed by atoms with Crippen molar-refractivity contribution in [3.63, 3.8) is 0 Å². The Kier molecular flexibility index (Phi) is 4.85. The molecule has 0 amide bonds. The van der Waals surface area contributed by atoms with Crippen molar-refractivity contribution < 1.29 is 14.6 Å². The highest BCUT2D eigenvalue weighted by molar-refractivity contribution is 9.10. The summed E-state index contributed by atoms with van der Waals surface area (Å²) < 4.78 is 6.31. The number of nitrogens with one attached hydrogen (secondary N) is 1. The number of benzene rings is 2. The molecule has 4 nitrogen and oxygen atoms in total. The lowest BCUT2D eigenvalue weighted by molar-refractivity contribution is 0.0697. The van der Waals surface area contributed by atoms with Crippen LogP contribution in [0.25, 0.3) is 0 Å². The van der Waals surface area contributed by atoms with Crippen LogP contribution >= 0.6 is 15.9 Å². The largest absolute Gasteiger partial charge is 0.495 e. The predicted octanol–water partition coefficient (Wildman–Crippen LogP) is 4.08. The normalized spacial score (nSPS) is 10.2. The number of aryl methyl sites for hydroxylation is 1. The van der Waals surface area contributed by atoms with E-state index in [4.69, 9.17) is 9.84 Å². The van der Waals surface area contributed by atoms with E-state index in [1.54, 1.807) is 19.2 Å². The van der Waals surface area contributed by atoms with Gasteiger partial charge in [-0.2, -0.15) is 0 Å². The molecule has 110 valence electrons. The summed E-state index contributed by atoms with van der Waals surface area (Å²) in [7, 11) is 1.56. The highest BCUT2D eigenvalue weighted by atomic mass is 79.9. The molecule has 0 radical (unpaired) electrons. The summed E-state index contributed by atoms with van der Waals surface area (Å²) in [6, 6.07) is 10.8. The number of carboxylic acids is 1. The fourth-order valence-electron chi connectivity index (χ4n) is 1.99. The molecule has 2 aromatic rings. The second-order valence-corrected chi connectivity index (χ2v) is 5.51. The van der Waals surface area contributed by atoms with E-state index in [1.165, 1.54) is 6.07 Å². The number of halogens is 1. The van der Waals surface area contributed by atoms with Gasteiger partial charge in [-0.1, -0.05) is 28.1 Å². The Morgan fingerprint density at radius 3 is 2.67 bits per heavy atom. The van der Waals surface area contributed by atoms with Gasteiger partial charge in [0.15, 0.2) is 0 Å². The van der Waals surface area contributed by atoms with Gasteiger partial charge in [0.05, 0.1) is 18.4 Å². The summed E-state index contributed by atoms with van der Waals surface area (Å²) in [4.78, 5) is 11.0. The lowest BCUT2D eigenvalue weighted by Crippen LogP contribution is -2.04. The summed E-state index contributed by atoms with van der Waals surface area (Å²) in [6.07, 6.45) is 0. The summed E-state index contributed by atoms with van der Waals surface area (Å²) in [6.45, 7) is 2.62. The molecule has 0 fully saturated rings. The molecule has 0 aliphatic heterocycles. The van der Waals surface area contributed by atoms with Gasteiger partial charge in [0.2, 0.25) is 0 Å². The average Bonchev–Trinajstić information content (AvgIpc) is 2.48. The molecule has 0 heterocycles. The van der Waals surface area contributed by atoms with Crippen molar-refractivity contribution in [1.29, 1.82) is 0 Å². The van der Waals surface area contributed by atoms with Crippen molar-refractivity contribution >= 4 is 27.6 Å². The summed E-state index contributed by atoms with van der Waals surface area (Å²) >= 11 is 3.47. The third kappa shape index (κ3) is 3.76. The van der Waals surface area contributed by atoms with Crippen molar-refractivity contribution in [2.45, 2.75) is 13.5 Å². The van der Waals surface area contributed by atoms with Crippen LogP contribution in [0.2, 0.25) is 0 Å². The highest BCUT2D eigenvalue weighted by Crippen LogP contribution is 2.26. The van der Waals surface area contributed by atoms with E-state index in [0.29, 0.717) is 18.0 Å². The van der Waals surface area contributed by atoms with E-state index in [-0.39, 0.29) is 5.56 Å². The zero-order valence-electron chi connectivity index (χ0n) is 11.8. The van der Waals surface area contributed by atoms with Gasteiger partial charge in [0.1, 0.15) is 5.75 Å². The zero-order chi connectivity index (χ0) is 15.4.